The second-order valence-electron chi connectivity index (χ2n) is 9.64. The van der Waals surface area contributed by atoms with Crippen LogP contribution in [-0.4, -0.2) is 70.9 Å². The molecule has 30 heavy (non-hydrogen) atoms. The number of hydrogen-bond donors (Lipinski definition) is 1. The molecule has 1 N–H and O–H groups in total. The molecule has 2 aliphatic heterocycles. The smallest absolute Gasteiger partial charge is 0.311 e. The lowest BCUT2D eigenvalue weighted by molar-refractivity contribution is -0.145. The molecule has 7 nitrogen and oxygen atoms in total. The minimum absolute atomic E-state index is 0.115. The third kappa shape index (κ3) is 3.14. The summed E-state index contributed by atoms with van der Waals surface area (Å²) in [6.45, 7) is 8.48. The van der Waals surface area contributed by atoms with Crippen molar-refractivity contribution in [3.8, 4) is 0 Å². The van der Waals surface area contributed by atoms with Gasteiger partial charge in [-0.05, 0) is 24.8 Å². The highest BCUT2D eigenvalue weighted by Gasteiger charge is 2.59. The second-order valence-corrected chi connectivity index (χ2v) is 9.64. The maximum absolute atomic E-state index is 12.8. The summed E-state index contributed by atoms with van der Waals surface area (Å²) in [6.07, 6.45) is 8.04. The van der Waals surface area contributed by atoms with Gasteiger partial charge in [0.25, 0.3) is 0 Å². The zero-order chi connectivity index (χ0) is 20.9. The zero-order valence-electron chi connectivity index (χ0n) is 17.9. The van der Waals surface area contributed by atoms with Gasteiger partial charge in [-0.1, -0.05) is 25.5 Å². The molecule has 5 rings (SSSR count). The fourth-order valence-corrected chi connectivity index (χ4v) is 6.14. The summed E-state index contributed by atoms with van der Waals surface area (Å²) in [5.74, 6) is 0.680. The van der Waals surface area contributed by atoms with E-state index in [1.54, 1.807) is 12.4 Å². The highest BCUT2D eigenvalue weighted by molar-refractivity contribution is 5.76. The number of anilines is 1. The van der Waals surface area contributed by atoms with Crippen LogP contribution in [0.5, 0.6) is 0 Å². The summed E-state index contributed by atoms with van der Waals surface area (Å²) in [5, 5.41) is 11.5. The van der Waals surface area contributed by atoms with Gasteiger partial charge < -0.3 is 14.7 Å². The number of nitrogens with zero attached hydrogens (tertiary/aromatic N) is 4. The van der Waals surface area contributed by atoms with Crippen molar-refractivity contribution in [2.45, 2.75) is 45.3 Å². The Balaban J connectivity index is 1.28. The van der Waals surface area contributed by atoms with Crippen LogP contribution in [0.15, 0.2) is 30.1 Å². The molecule has 2 aliphatic carbocycles. The van der Waals surface area contributed by atoms with Crippen molar-refractivity contribution >= 4 is 11.9 Å². The van der Waals surface area contributed by atoms with Gasteiger partial charge in [0, 0.05) is 62.9 Å². The fraction of sp³-hybridized carbons (Fsp3) is 0.696. The minimum atomic E-state index is -0.534. The van der Waals surface area contributed by atoms with Crippen LogP contribution in [0, 0.1) is 23.2 Å². The van der Waals surface area contributed by atoms with Crippen LogP contribution < -0.4 is 4.90 Å². The van der Waals surface area contributed by atoms with Gasteiger partial charge in [-0.25, -0.2) is 9.97 Å². The number of piperazine rings is 1. The molecule has 1 saturated carbocycles. The molecule has 3 fully saturated rings. The fourth-order valence-electron chi connectivity index (χ4n) is 6.14. The Morgan fingerprint density at radius 2 is 1.97 bits per heavy atom. The summed E-state index contributed by atoms with van der Waals surface area (Å²) in [7, 11) is 0. The van der Waals surface area contributed by atoms with E-state index >= 15 is 0 Å². The van der Waals surface area contributed by atoms with E-state index in [0.717, 1.165) is 51.4 Å². The Morgan fingerprint density at radius 1 is 1.23 bits per heavy atom. The number of rotatable bonds is 3. The topological polar surface area (TPSA) is 78.8 Å². The first-order valence-corrected chi connectivity index (χ1v) is 11.3. The van der Waals surface area contributed by atoms with Gasteiger partial charge in [-0.2, -0.15) is 0 Å². The van der Waals surface area contributed by atoms with E-state index in [0.29, 0.717) is 12.5 Å². The normalized spacial score (nSPS) is 39.2. The first kappa shape index (κ1) is 19.9. The molecular weight excluding hydrogens is 380 g/mol. The molecule has 2 saturated heterocycles. The number of aliphatic hydroxyl groups is 1. The van der Waals surface area contributed by atoms with Crippen LogP contribution in [0.3, 0.4) is 0 Å². The SMILES string of the molecule is C[C@@H]1CCC=C2C[C@H]3OC(=O)[C@H](CN4CCN(c5ncccn5)CC4)[C@@H]3[C@@H](O)[C@@]21C. The highest BCUT2D eigenvalue weighted by atomic mass is 16.6. The molecule has 4 aliphatic rings. The largest absolute Gasteiger partial charge is 0.461 e. The van der Waals surface area contributed by atoms with E-state index < -0.39 is 6.10 Å². The first-order valence-electron chi connectivity index (χ1n) is 11.3. The molecule has 0 spiro atoms. The maximum Gasteiger partial charge on any atom is 0.311 e. The Hall–Kier alpha value is -1.99. The number of carbonyl (C=O) groups excluding carboxylic acids is 1. The van der Waals surface area contributed by atoms with E-state index in [-0.39, 0.29) is 29.3 Å². The van der Waals surface area contributed by atoms with Gasteiger partial charge in [0.1, 0.15) is 6.10 Å². The van der Waals surface area contributed by atoms with Gasteiger partial charge in [0.15, 0.2) is 0 Å². The Kier molecular flexibility index (Phi) is 5.06. The second kappa shape index (κ2) is 7.61. The third-order valence-electron chi connectivity index (χ3n) is 8.23. The monoisotopic (exact) mass is 412 g/mol. The zero-order valence-corrected chi connectivity index (χ0v) is 17.9. The summed E-state index contributed by atoms with van der Waals surface area (Å²) >= 11 is 0. The van der Waals surface area contributed by atoms with E-state index in [1.807, 2.05) is 6.07 Å². The molecule has 1 aromatic rings. The van der Waals surface area contributed by atoms with Gasteiger partial charge >= 0.3 is 5.97 Å². The Labute approximate surface area is 178 Å². The number of aromatic nitrogens is 2. The Morgan fingerprint density at radius 3 is 2.70 bits per heavy atom. The minimum Gasteiger partial charge on any atom is -0.461 e. The van der Waals surface area contributed by atoms with Crippen molar-refractivity contribution in [1.82, 2.24) is 14.9 Å². The van der Waals surface area contributed by atoms with E-state index in [2.05, 4.69) is 39.7 Å². The molecule has 7 heteroatoms. The van der Waals surface area contributed by atoms with Crippen LogP contribution >= 0.6 is 0 Å². The van der Waals surface area contributed by atoms with Crippen LogP contribution in [0.4, 0.5) is 5.95 Å². The van der Waals surface area contributed by atoms with Crippen LogP contribution in [0.1, 0.15) is 33.1 Å². The van der Waals surface area contributed by atoms with Gasteiger partial charge in [0.2, 0.25) is 5.95 Å². The van der Waals surface area contributed by atoms with E-state index in [9.17, 15) is 9.90 Å². The van der Waals surface area contributed by atoms with Crippen molar-refractivity contribution in [2.75, 3.05) is 37.6 Å². The molecule has 3 heterocycles. The van der Waals surface area contributed by atoms with Gasteiger partial charge in [-0.3, -0.25) is 9.69 Å². The first-order chi connectivity index (χ1) is 14.5. The number of aliphatic hydroxyl groups excluding tert-OH is 1. The summed E-state index contributed by atoms with van der Waals surface area (Å²) in [6, 6.07) is 1.83. The summed E-state index contributed by atoms with van der Waals surface area (Å²) in [5.41, 5.74) is 1.05. The van der Waals surface area contributed by atoms with Crippen molar-refractivity contribution in [3.05, 3.63) is 30.1 Å². The van der Waals surface area contributed by atoms with Crippen LogP contribution in [0.25, 0.3) is 0 Å². The van der Waals surface area contributed by atoms with E-state index in [4.69, 9.17) is 4.74 Å². The van der Waals surface area contributed by atoms with Crippen molar-refractivity contribution in [3.63, 3.8) is 0 Å². The lowest BCUT2D eigenvalue weighted by atomic mass is 9.55. The number of esters is 1. The van der Waals surface area contributed by atoms with Crippen molar-refractivity contribution < 1.29 is 14.6 Å². The average molecular weight is 413 g/mol. The molecule has 0 bridgehead atoms. The van der Waals surface area contributed by atoms with Crippen molar-refractivity contribution in [2.24, 2.45) is 23.2 Å². The quantitative estimate of drug-likeness (QED) is 0.600. The van der Waals surface area contributed by atoms with Crippen LogP contribution in [0.2, 0.25) is 0 Å². The van der Waals surface area contributed by atoms with Gasteiger partial charge in [-0.15, -0.1) is 0 Å². The predicted octanol–water partition coefficient (Wildman–Crippen LogP) is 1.88. The Bertz CT molecular complexity index is 823. The van der Waals surface area contributed by atoms with Gasteiger partial charge in [0.05, 0.1) is 12.0 Å². The number of hydrogen-bond acceptors (Lipinski definition) is 7. The third-order valence-corrected chi connectivity index (χ3v) is 8.23. The highest BCUT2D eigenvalue weighted by Crippen LogP contribution is 2.56. The van der Waals surface area contributed by atoms with Crippen molar-refractivity contribution in [1.29, 1.82) is 0 Å². The lowest BCUT2D eigenvalue weighted by Crippen LogP contribution is -2.55. The average Bonchev–Trinajstić information content (AvgIpc) is 3.07. The molecule has 1 aromatic heterocycles. The molecule has 0 aromatic carbocycles. The molecule has 162 valence electrons. The summed E-state index contributed by atoms with van der Waals surface area (Å²) in [4.78, 5) is 26.0. The van der Waals surface area contributed by atoms with E-state index in [1.165, 1.54) is 5.57 Å². The molecule has 0 unspecified atom stereocenters. The number of ether oxygens (including phenoxy) is 1. The standard InChI is InChI=1S/C23H32N4O3/c1-15-5-3-6-16-13-18-19(20(28)23(15,16)2)17(21(29)30-18)14-26-9-11-27(12-10-26)22-24-7-4-8-25-22/h4,6-8,15,17-20,28H,3,5,9-14H2,1-2H3/t15-,17-,18-,19+,20-,23-/m1/s1. The predicted molar refractivity (Wildman–Crippen MR) is 113 cm³/mol. The summed E-state index contributed by atoms with van der Waals surface area (Å²) < 4.78 is 5.81. The molecular formula is C23H32N4O3. The molecule has 0 amide bonds. The molecule has 0 radical (unpaired) electrons. The lowest BCUT2D eigenvalue weighted by Gasteiger charge is -2.52. The number of fused-ring (bicyclic) bond motifs is 2. The number of allylic oxidation sites excluding steroid dienone is 1. The maximum atomic E-state index is 12.8. The van der Waals surface area contributed by atoms with Crippen LogP contribution in [-0.2, 0) is 9.53 Å². The number of carbonyl (C=O) groups is 1. The molecule has 6 atom stereocenters.